The molecule has 3 rings (SSSR count). The number of carbonyl (C=O) groups excluding carboxylic acids is 1. The molecule has 1 amide bonds. The number of thioether (sulfide) groups is 1. The van der Waals surface area contributed by atoms with Gasteiger partial charge in [0.1, 0.15) is 0 Å². The lowest BCUT2D eigenvalue weighted by atomic mass is 10.1. The topological polar surface area (TPSA) is 60.9 Å². The Morgan fingerprint density at radius 1 is 1.17 bits per heavy atom. The normalized spacial score (nSPS) is 10.8. The van der Waals surface area contributed by atoms with Crippen LogP contribution in [0.5, 0.6) is 0 Å². The second-order valence-corrected chi connectivity index (χ2v) is 6.66. The number of benzene rings is 2. The molecule has 0 atom stereocenters. The van der Waals surface area contributed by atoms with Crippen LogP contribution in [0.4, 0.5) is 0 Å². The molecule has 24 heavy (non-hydrogen) atoms. The molecule has 0 spiro atoms. The van der Waals surface area contributed by atoms with Gasteiger partial charge in [-0.1, -0.05) is 41.6 Å². The molecule has 2 aromatic carbocycles. The Hall–Kier alpha value is -2.53. The van der Waals surface area contributed by atoms with E-state index in [0.29, 0.717) is 5.56 Å². The minimum atomic E-state index is -0.403. The highest BCUT2D eigenvalue weighted by molar-refractivity contribution is 7.98. The molecule has 3 aromatic rings. The van der Waals surface area contributed by atoms with Crippen molar-refractivity contribution in [1.82, 2.24) is 9.55 Å². The average Bonchev–Trinajstić information content (AvgIpc) is 3.01. The van der Waals surface area contributed by atoms with Crippen LogP contribution in [-0.2, 0) is 5.75 Å². The average molecular weight is 337 g/mol. The zero-order chi connectivity index (χ0) is 17.1. The molecule has 1 heterocycles. The number of nitrogens with zero attached hydrogens (tertiary/aromatic N) is 2. The Morgan fingerprint density at radius 3 is 2.58 bits per heavy atom. The molecule has 1 aromatic heterocycles. The van der Waals surface area contributed by atoms with E-state index >= 15 is 0 Å². The van der Waals surface area contributed by atoms with Gasteiger partial charge in [0.2, 0.25) is 5.91 Å². The second kappa shape index (κ2) is 6.93. The summed E-state index contributed by atoms with van der Waals surface area (Å²) in [5, 5.41) is 0.945. The van der Waals surface area contributed by atoms with Gasteiger partial charge in [0, 0.05) is 23.7 Å². The van der Waals surface area contributed by atoms with Crippen LogP contribution in [0.2, 0.25) is 0 Å². The van der Waals surface area contributed by atoms with Gasteiger partial charge in [-0.15, -0.1) is 0 Å². The van der Waals surface area contributed by atoms with Crippen LogP contribution in [0.3, 0.4) is 0 Å². The van der Waals surface area contributed by atoms with E-state index in [2.05, 4.69) is 41.6 Å². The molecule has 0 fully saturated rings. The molecule has 2 N–H and O–H groups in total. The molecule has 0 saturated heterocycles. The fourth-order valence-electron chi connectivity index (χ4n) is 2.57. The van der Waals surface area contributed by atoms with Crippen molar-refractivity contribution in [1.29, 1.82) is 0 Å². The van der Waals surface area contributed by atoms with E-state index in [1.807, 2.05) is 24.5 Å². The molecule has 0 radical (unpaired) electrons. The summed E-state index contributed by atoms with van der Waals surface area (Å²) in [7, 11) is 0. The number of hydrogen-bond acceptors (Lipinski definition) is 3. The summed E-state index contributed by atoms with van der Waals surface area (Å²) < 4.78 is 2.11. The molecule has 0 saturated carbocycles. The Bertz CT molecular complexity index is 869. The highest BCUT2D eigenvalue weighted by atomic mass is 32.2. The van der Waals surface area contributed by atoms with Crippen molar-refractivity contribution in [3.63, 3.8) is 0 Å². The number of aromatic nitrogens is 2. The SMILES string of the molecule is Cc1ccc(-n2ccnc2SCc2ccc(C(N)=O)cc2)c(C)c1. The molecular formula is C19H19N3OS. The van der Waals surface area contributed by atoms with Gasteiger partial charge in [0.05, 0.1) is 5.69 Å². The van der Waals surface area contributed by atoms with E-state index in [9.17, 15) is 4.79 Å². The van der Waals surface area contributed by atoms with Gasteiger partial charge >= 0.3 is 0 Å². The van der Waals surface area contributed by atoms with E-state index < -0.39 is 5.91 Å². The largest absolute Gasteiger partial charge is 0.366 e. The van der Waals surface area contributed by atoms with Gasteiger partial charge in [-0.2, -0.15) is 0 Å². The van der Waals surface area contributed by atoms with Gasteiger partial charge in [-0.25, -0.2) is 4.98 Å². The number of amides is 1. The molecule has 122 valence electrons. The van der Waals surface area contributed by atoms with Crippen LogP contribution >= 0.6 is 11.8 Å². The third-order valence-electron chi connectivity index (χ3n) is 3.83. The number of carbonyl (C=O) groups is 1. The van der Waals surface area contributed by atoms with Crippen molar-refractivity contribution in [3.05, 3.63) is 77.1 Å². The number of aryl methyl sites for hydroxylation is 2. The lowest BCUT2D eigenvalue weighted by molar-refractivity contribution is 0.100. The van der Waals surface area contributed by atoms with Crippen molar-refractivity contribution in [2.75, 3.05) is 0 Å². The van der Waals surface area contributed by atoms with Crippen LogP contribution < -0.4 is 5.73 Å². The van der Waals surface area contributed by atoms with E-state index in [1.165, 1.54) is 11.1 Å². The summed E-state index contributed by atoms with van der Waals surface area (Å²) in [5.74, 6) is 0.376. The Balaban J connectivity index is 1.77. The smallest absolute Gasteiger partial charge is 0.248 e. The predicted molar refractivity (Wildman–Crippen MR) is 97.6 cm³/mol. The quantitative estimate of drug-likeness (QED) is 0.719. The van der Waals surface area contributed by atoms with Crippen LogP contribution in [0, 0.1) is 13.8 Å². The summed E-state index contributed by atoms with van der Waals surface area (Å²) in [6.07, 6.45) is 3.80. The standard InChI is InChI=1S/C19H19N3OS/c1-13-3-8-17(14(2)11-13)22-10-9-21-19(22)24-12-15-4-6-16(7-5-15)18(20)23/h3-11H,12H2,1-2H3,(H2,20,23). The Labute approximate surface area is 145 Å². The van der Waals surface area contributed by atoms with Gasteiger partial charge in [-0.05, 0) is 43.2 Å². The third kappa shape index (κ3) is 3.51. The van der Waals surface area contributed by atoms with E-state index in [-0.39, 0.29) is 0 Å². The summed E-state index contributed by atoms with van der Waals surface area (Å²) >= 11 is 1.66. The highest BCUT2D eigenvalue weighted by Gasteiger charge is 2.09. The number of rotatable bonds is 5. The minimum absolute atomic E-state index is 0.403. The second-order valence-electron chi connectivity index (χ2n) is 5.72. The van der Waals surface area contributed by atoms with Crippen molar-refractivity contribution in [2.24, 2.45) is 5.73 Å². The van der Waals surface area contributed by atoms with Crippen LogP contribution in [0.15, 0.2) is 60.0 Å². The molecule has 0 aliphatic carbocycles. The van der Waals surface area contributed by atoms with Gasteiger partial charge in [-0.3, -0.25) is 9.36 Å². The molecule has 5 heteroatoms. The molecular weight excluding hydrogens is 318 g/mol. The fourth-order valence-corrected chi connectivity index (χ4v) is 3.49. The zero-order valence-corrected chi connectivity index (χ0v) is 14.5. The van der Waals surface area contributed by atoms with Crippen LogP contribution in [-0.4, -0.2) is 15.5 Å². The fraction of sp³-hybridized carbons (Fsp3) is 0.158. The van der Waals surface area contributed by atoms with E-state index in [4.69, 9.17) is 5.73 Å². The van der Waals surface area contributed by atoms with Crippen molar-refractivity contribution in [3.8, 4) is 5.69 Å². The number of primary amides is 1. The first-order chi connectivity index (χ1) is 11.5. The van der Waals surface area contributed by atoms with Crippen LogP contribution in [0.25, 0.3) is 5.69 Å². The minimum Gasteiger partial charge on any atom is -0.366 e. The zero-order valence-electron chi connectivity index (χ0n) is 13.7. The predicted octanol–water partition coefficient (Wildman–Crippen LogP) is 3.88. The van der Waals surface area contributed by atoms with Gasteiger partial charge in [0.25, 0.3) is 0 Å². The van der Waals surface area contributed by atoms with E-state index in [1.54, 1.807) is 23.9 Å². The first-order valence-corrected chi connectivity index (χ1v) is 8.65. The number of nitrogens with two attached hydrogens (primary N) is 1. The first kappa shape index (κ1) is 16.3. The maximum absolute atomic E-state index is 11.1. The molecule has 0 aliphatic heterocycles. The molecule has 0 bridgehead atoms. The summed E-state index contributed by atoms with van der Waals surface area (Å²) in [6, 6.07) is 13.8. The van der Waals surface area contributed by atoms with Crippen molar-refractivity contribution in [2.45, 2.75) is 24.8 Å². The third-order valence-corrected chi connectivity index (χ3v) is 4.86. The van der Waals surface area contributed by atoms with Crippen LogP contribution in [0.1, 0.15) is 27.0 Å². The first-order valence-electron chi connectivity index (χ1n) is 7.67. The van der Waals surface area contributed by atoms with Gasteiger partial charge in [0.15, 0.2) is 5.16 Å². The van der Waals surface area contributed by atoms with Crippen molar-refractivity contribution < 1.29 is 4.79 Å². The lowest BCUT2D eigenvalue weighted by Crippen LogP contribution is -2.10. The monoisotopic (exact) mass is 337 g/mol. The Morgan fingerprint density at radius 2 is 1.92 bits per heavy atom. The molecule has 0 aliphatic rings. The molecule has 4 nitrogen and oxygen atoms in total. The lowest BCUT2D eigenvalue weighted by Gasteiger charge is -2.11. The summed E-state index contributed by atoms with van der Waals surface area (Å²) in [6.45, 7) is 4.20. The van der Waals surface area contributed by atoms with E-state index in [0.717, 1.165) is 22.2 Å². The maximum atomic E-state index is 11.1. The number of imidazole rings is 1. The summed E-state index contributed by atoms with van der Waals surface area (Å²) in [5.41, 5.74) is 10.5. The highest BCUT2D eigenvalue weighted by Crippen LogP contribution is 2.26. The maximum Gasteiger partial charge on any atom is 0.248 e. The molecule has 0 unspecified atom stereocenters. The Kier molecular flexibility index (Phi) is 4.71. The summed E-state index contributed by atoms with van der Waals surface area (Å²) in [4.78, 5) is 15.6. The number of hydrogen-bond donors (Lipinski definition) is 1. The van der Waals surface area contributed by atoms with Crippen molar-refractivity contribution >= 4 is 17.7 Å². The van der Waals surface area contributed by atoms with Gasteiger partial charge < -0.3 is 5.73 Å².